The molecule has 2 rings (SSSR count). The van der Waals surface area contributed by atoms with E-state index >= 15 is 0 Å². The normalized spacial score (nSPS) is 11.2. The van der Waals surface area contributed by atoms with Crippen LogP contribution in [0.4, 0.5) is 0 Å². The Labute approximate surface area is 114 Å². The number of hydrogen-bond acceptors (Lipinski definition) is 4. The highest BCUT2D eigenvalue weighted by molar-refractivity contribution is 5.14. The Morgan fingerprint density at radius 3 is 2.58 bits per heavy atom. The molecule has 19 heavy (non-hydrogen) atoms. The van der Waals surface area contributed by atoms with Gasteiger partial charge in [-0.15, -0.1) is 0 Å². The molecule has 2 aromatic heterocycles. The largest absolute Gasteiger partial charge is 0.310 e. The van der Waals surface area contributed by atoms with Crippen LogP contribution < -0.4 is 5.32 Å². The van der Waals surface area contributed by atoms with Gasteiger partial charge in [0.15, 0.2) is 0 Å². The predicted octanol–water partition coefficient (Wildman–Crippen LogP) is 1.84. The maximum Gasteiger partial charge on any atom is 0.147 e. The zero-order valence-electron chi connectivity index (χ0n) is 12.0. The van der Waals surface area contributed by atoms with Crippen LogP contribution in [-0.4, -0.2) is 25.8 Å². The van der Waals surface area contributed by atoms with Crippen molar-refractivity contribution < 1.29 is 0 Å². The summed E-state index contributed by atoms with van der Waals surface area (Å²) in [5, 5.41) is 7.72. The van der Waals surface area contributed by atoms with Gasteiger partial charge in [-0.3, -0.25) is 4.98 Å². The third-order valence-electron chi connectivity index (χ3n) is 2.87. The fourth-order valence-corrected chi connectivity index (χ4v) is 1.84. The van der Waals surface area contributed by atoms with Crippen molar-refractivity contribution in [2.24, 2.45) is 0 Å². The molecule has 5 heteroatoms. The minimum absolute atomic E-state index is 0.487. The second-order valence-corrected chi connectivity index (χ2v) is 5.06. The second-order valence-electron chi connectivity index (χ2n) is 5.06. The topological polar surface area (TPSA) is 55.6 Å². The molecule has 1 N–H and O–H groups in total. The molecule has 5 nitrogen and oxygen atoms in total. The molecule has 0 saturated carbocycles. The number of hydrogen-bond donors (Lipinski definition) is 1. The molecule has 102 valence electrons. The van der Waals surface area contributed by atoms with E-state index in [0.717, 1.165) is 23.9 Å². The SMILES string of the molecule is Cc1nc(C)n(Cc2ccc(CNC(C)C)cn2)n1. The van der Waals surface area contributed by atoms with Gasteiger partial charge in [0.05, 0.1) is 12.2 Å². The zero-order chi connectivity index (χ0) is 13.8. The molecule has 0 unspecified atom stereocenters. The summed E-state index contributed by atoms with van der Waals surface area (Å²) in [6.45, 7) is 9.66. The van der Waals surface area contributed by atoms with Gasteiger partial charge in [0.25, 0.3) is 0 Å². The lowest BCUT2D eigenvalue weighted by atomic mass is 10.2. The van der Waals surface area contributed by atoms with Crippen molar-refractivity contribution in [3.8, 4) is 0 Å². The third-order valence-corrected chi connectivity index (χ3v) is 2.87. The smallest absolute Gasteiger partial charge is 0.147 e. The highest BCUT2D eigenvalue weighted by Gasteiger charge is 2.04. The summed E-state index contributed by atoms with van der Waals surface area (Å²) in [6, 6.07) is 4.64. The first-order valence-corrected chi connectivity index (χ1v) is 6.60. The average molecular weight is 259 g/mol. The molecule has 0 spiro atoms. The summed E-state index contributed by atoms with van der Waals surface area (Å²) in [4.78, 5) is 8.76. The quantitative estimate of drug-likeness (QED) is 0.890. The van der Waals surface area contributed by atoms with E-state index in [1.165, 1.54) is 5.56 Å². The minimum Gasteiger partial charge on any atom is -0.310 e. The Morgan fingerprint density at radius 1 is 1.26 bits per heavy atom. The highest BCUT2D eigenvalue weighted by Crippen LogP contribution is 2.04. The van der Waals surface area contributed by atoms with Crippen molar-refractivity contribution in [3.63, 3.8) is 0 Å². The molecule has 0 bridgehead atoms. The number of pyridine rings is 1. The number of aromatic nitrogens is 4. The first-order valence-electron chi connectivity index (χ1n) is 6.60. The van der Waals surface area contributed by atoms with Crippen LogP contribution in [0.15, 0.2) is 18.3 Å². The summed E-state index contributed by atoms with van der Waals surface area (Å²) in [7, 11) is 0. The number of nitrogens with zero attached hydrogens (tertiary/aromatic N) is 4. The summed E-state index contributed by atoms with van der Waals surface area (Å²) in [5.41, 5.74) is 2.20. The Balaban J connectivity index is 2.00. The second kappa shape index (κ2) is 5.93. The van der Waals surface area contributed by atoms with E-state index < -0.39 is 0 Å². The van der Waals surface area contributed by atoms with Gasteiger partial charge in [0.2, 0.25) is 0 Å². The van der Waals surface area contributed by atoms with Gasteiger partial charge in [0.1, 0.15) is 11.6 Å². The molecule has 0 aliphatic heterocycles. The van der Waals surface area contributed by atoms with E-state index in [1.807, 2.05) is 30.8 Å². The van der Waals surface area contributed by atoms with Crippen LogP contribution in [0.25, 0.3) is 0 Å². The van der Waals surface area contributed by atoms with Gasteiger partial charge in [0, 0.05) is 18.8 Å². The molecular weight excluding hydrogens is 238 g/mol. The Morgan fingerprint density at radius 2 is 2.05 bits per heavy atom. The van der Waals surface area contributed by atoms with Gasteiger partial charge < -0.3 is 5.32 Å². The minimum atomic E-state index is 0.487. The van der Waals surface area contributed by atoms with Crippen LogP contribution in [0.5, 0.6) is 0 Å². The van der Waals surface area contributed by atoms with Crippen molar-refractivity contribution >= 4 is 0 Å². The van der Waals surface area contributed by atoms with Crippen molar-refractivity contribution in [2.75, 3.05) is 0 Å². The van der Waals surface area contributed by atoms with E-state index in [1.54, 1.807) is 0 Å². The number of rotatable bonds is 5. The van der Waals surface area contributed by atoms with Crippen LogP contribution in [0.3, 0.4) is 0 Å². The van der Waals surface area contributed by atoms with Crippen molar-refractivity contribution in [3.05, 3.63) is 41.2 Å². The van der Waals surface area contributed by atoms with E-state index in [9.17, 15) is 0 Å². The third kappa shape index (κ3) is 3.86. The van der Waals surface area contributed by atoms with E-state index in [-0.39, 0.29) is 0 Å². The lowest BCUT2D eigenvalue weighted by Gasteiger charge is -2.08. The summed E-state index contributed by atoms with van der Waals surface area (Å²) in [5.74, 6) is 1.72. The summed E-state index contributed by atoms with van der Waals surface area (Å²) < 4.78 is 1.88. The van der Waals surface area contributed by atoms with Gasteiger partial charge in [-0.05, 0) is 25.5 Å². The van der Waals surface area contributed by atoms with Gasteiger partial charge >= 0.3 is 0 Å². The van der Waals surface area contributed by atoms with Crippen molar-refractivity contribution in [2.45, 2.75) is 46.8 Å². The fraction of sp³-hybridized carbons (Fsp3) is 0.500. The van der Waals surface area contributed by atoms with E-state index in [2.05, 4.69) is 40.3 Å². The molecular formula is C14H21N5. The van der Waals surface area contributed by atoms with Gasteiger partial charge in [-0.1, -0.05) is 19.9 Å². The predicted molar refractivity (Wildman–Crippen MR) is 74.8 cm³/mol. The summed E-state index contributed by atoms with van der Waals surface area (Å²) >= 11 is 0. The number of aryl methyl sites for hydroxylation is 2. The lowest BCUT2D eigenvalue weighted by Crippen LogP contribution is -2.21. The first-order chi connectivity index (χ1) is 9.04. The maximum atomic E-state index is 4.47. The van der Waals surface area contributed by atoms with E-state index in [4.69, 9.17) is 0 Å². The van der Waals surface area contributed by atoms with Crippen LogP contribution >= 0.6 is 0 Å². The fourth-order valence-electron chi connectivity index (χ4n) is 1.84. The zero-order valence-corrected chi connectivity index (χ0v) is 12.0. The first kappa shape index (κ1) is 13.7. The standard InChI is InChI=1S/C14H21N5/c1-10(2)15-7-13-5-6-14(16-8-13)9-19-12(4)17-11(3)18-19/h5-6,8,10,15H,7,9H2,1-4H3. The van der Waals surface area contributed by atoms with Gasteiger partial charge in [-0.25, -0.2) is 9.67 Å². The van der Waals surface area contributed by atoms with Crippen LogP contribution in [0, 0.1) is 13.8 Å². The van der Waals surface area contributed by atoms with Crippen LogP contribution in [0.2, 0.25) is 0 Å². The van der Waals surface area contributed by atoms with Crippen molar-refractivity contribution in [1.82, 2.24) is 25.1 Å². The molecule has 0 aromatic carbocycles. The highest BCUT2D eigenvalue weighted by atomic mass is 15.3. The summed E-state index contributed by atoms with van der Waals surface area (Å²) in [6.07, 6.45) is 1.92. The van der Waals surface area contributed by atoms with Crippen LogP contribution in [-0.2, 0) is 13.1 Å². The molecule has 0 radical (unpaired) electrons. The average Bonchev–Trinajstić information content (AvgIpc) is 2.67. The molecule has 2 aromatic rings. The molecule has 2 heterocycles. The van der Waals surface area contributed by atoms with Crippen LogP contribution in [0.1, 0.15) is 36.8 Å². The Hall–Kier alpha value is -1.75. The number of nitrogens with one attached hydrogen (secondary N) is 1. The monoisotopic (exact) mass is 259 g/mol. The van der Waals surface area contributed by atoms with Crippen molar-refractivity contribution in [1.29, 1.82) is 0 Å². The Kier molecular flexibility index (Phi) is 4.27. The van der Waals surface area contributed by atoms with Gasteiger partial charge in [-0.2, -0.15) is 5.10 Å². The Bertz CT molecular complexity index is 527. The lowest BCUT2D eigenvalue weighted by molar-refractivity contribution is 0.587. The molecule has 0 aliphatic carbocycles. The molecule has 0 amide bonds. The molecule has 0 atom stereocenters. The maximum absolute atomic E-state index is 4.47. The molecule has 0 saturated heterocycles. The molecule has 0 fully saturated rings. The van der Waals surface area contributed by atoms with E-state index in [0.29, 0.717) is 12.6 Å². The molecule has 0 aliphatic rings.